The number of benzene rings is 1. The predicted molar refractivity (Wildman–Crippen MR) is 78.8 cm³/mol. The van der Waals surface area contributed by atoms with Crippen molar-refractivity contribution < 1.29 is 27.8 Å². The van der Waals surface area contributed by atoms with Gasteiger partial charge < -0.3 is 9.47 Å². The Morgan fingerprint density at radius 2 is 1.87 bits per heavy atom. The van der Waals surface area contributed by atoms with Gasteiger partial charge in [-0.1, -0.05) is 13.0 Å². The summed E-state index contributed by atoms with van der Waals surface area (Å²) in [4.78, 5) is 24.3. The third-order valence-electron chi connectivity index (χ3n) is 3.97. The highest BCUT2D eigenvalue weighted by Gasteiger charge is 2.30. The average molecular weight is 326 g/mol. The highest BCUT2D eigenvalue weighted by atomic mass is 19.1. The van der Waals surface area contributed by atoms with Crippen LogP contribution in [0.25, 0.3) is 0 Å². The fourth-order valence-electron chi connectivity index (χ4n) is 2.63. The summed E-state index contributed by atoms with van der Waals surface area (Å²) >= 11 is 0. The van der Waals surface area contributed by atoms with Crippen molar-refractivity contribution in [3.63, 3.8) is 0 Å². The largest absolute Gasteiger partial charge is 0.454 e. The number of carbonyl (C=O) groups is 2. The zero-order chi connectivity index (χ0) is 16.8. The van der Waals surface area contributed by atoms with E-state index in [4.69, 9.17) is 9.47 Å². The van der Waals surface area contributed by atoms with Crippen LogP contribution in [0.5, 0.6) is 0 Å². The lowest BCUT2D eigenvalue weighted by Gasteiger charge is -2.25. The summed E-state index contributed by atoms with van der Waals surface area (Å²) in [5, 5.41) is 0. The molecule has 4 nitrogen and oxygen atoms in total. The monoisotopic (exact) mass is 326 g/mol. The lowest BCUT2D eigenvalue weighted by Crippen LogP contribution is -2.35. The van der Waals surface area contributed by atoms with E-state index in [1.54, 1.807) is 6.92 Å². The minimum atomic E-state index is -0.875. The Labute approximate surface area is 133 Å². The Kier molecular flexibility index (Phi) is 6.21. The van der Waals surface area contributed by atoms with Gasteiger partial charge in [-0.3, -0.25) is 9.59 Å². The number of hydrogen-bond donors (Lipinski definition) is 0. The van der Waals surface area contributed by atoms with Gasteiger partial charge in [0.25, 0.3) is 0 Å². The van der Waals surface area contributed by atoms with Gasteiger partial charge in [0.15, 0.2) is 11.9 Å². The van der Waals surface area contributed by atoms with Crippen molar-refractivity contribution in [3.05, 3.63) is 35.4 Å². The highest BCUT2D eigenvalue weighted by Crippen LogP contribution is 2.20. The van der Waals surface area contributed by atoms with Crippen molar-refractivity contribution in [2.24, 2.45) is 5.92 Å². The summed E-state index contributed by atoms with van der Waals surface area (Å²) in [6.45, 7) is 2.77. The number of rotatable bonds is 6. The molecule has 0 saturated carbocycles. The first-order valence-electron chi connectivity index (χ1n) is 7.76. The van der Waals surface area contributed by atoms with Crippen molar-refractivity contribution in [2.45, 2.75) is 38.7 Å². The molecule has 1 aliphatic heterocycles. The normalized spacial score (nSPS) is 16.8. The Morgan fingerprint density at radius 3 is 2.43 bits per heavy atom. The van der Waals surface area contributed by atoms with Crippen LogP contribution in [0.1, 0.15) is 31.7 Å². The minimum Gasteiger partial charge on any atom is -0.454 e. The number of Topliss-reactive ketones (excluding diaryl/α,β-unsaturated/α-hetero) is 1. The van der Waals surface area contributed by atoms with E-state index in [2.05, 4.69) is 0 Å². The molecule has 2 rings (SSSR count). The SMILES string of the molecule is CCC(OC(=O)Cc1c(F)cccc1F)C(=O)C1CCOCC1. The molecule has 0 bridgehead atoms. The van der Waals surface area contributed by atoms with Gasteiger partial charge in [-0.25, -0.2) is 8.78 Å². The van der Waals surface area contributed by atoms with Gasteiger partial charge in [0.05, 0.1) is 6.42 Å². The van der Waals surface area contributed by atoms with E-state index in [9.17, 15) is 18.4 Å². The Bertz CT molecular complexity index is 547. The quantitative estimate of drug-likeness (QED) is 0.754. The number of carbonyl (C=O) groups excluding carboxylic acids is 2. The molecule has 1 atom stereocenters. The second kappa shape index (κ2) is 8.15. The van der Waals surface area contributed by atoms with Crippen molar-refractivity contribution >= 4 is 11.8 Å². The van der Waals surface area contributed by atoms with Crippen LogP contribution in [0.15, 0.2) is 18.2 Å². The minimum absolute atomic E-state index is 0.141. The molecular formula is C17H20F2O4. The average Bonchev–Trinajstić information content (AvgIpc) is 2.56. The first kappa shape index (κ1) is 17.5. The number of halogens is 2. The Hall–Kier alpha value is -1.82. The topological polar surface area (TPSA) is 52.6 Å². The highest BCUT2D eigenvalue weighted by molar-refractivity contribution is 5.87. The van der Waals surface area contributed by atoms with Gasteiger partial charge in [0, 0.05) is 24.7 Å². The van der Waals surface area contributed by atoms with Gasteiger partial charge in [-0.05, 0) is 31.4 Å². The van der Waals surface area contributed by atoms with Crippen LogP contribution < -0.4 is 0 Å². The van der Waals surface area contributed by atoms with Crippen LogP contribution in [0.3, 0.4) is 0 Å². The molecule has 1 aliphatic rings. The number of hydrogen-bond acceptors (Lipinski definition) is 4. The number of esters is 1. The van der Waals surface area contributed by atoms with Crippen LogP contribution >= 0.6 is 0 Å². The molecule has 1 saturated heterocycles. The third-order valence-corrected chi connectivity index (χ3v) is 3.97. The number of ketones is 1. The maximum absolute atomic E-state index is 13.6. The zero-order valence-corrected chi connectivity index (χ0v) is 13.0. The fourth-order valence-corrected chi connectivity index (χ4v) is 2.63. The van der Waals surface area contributed by atoms with Crippen molar-refractivity contribution in [1.29, 1.82) is 0 Å². The molecule has 1 unspecified atom stereocenters. The molecular weight excluding hydrogens is 306 g/mol. The first-order valence-corrected chi connectivity index (χ1v) is 7.76. The standard InChI is InChI=1S/C17H20F2O4/c1-2-15(17(21)11-6-8-22-9-7-11)23-16(20)10-12-13(18)4-3-5-14(12)19/h3-5,11,15H,2,6-10H2,1H3. The van der Waals surface area contributed by atoms with E-state index in [0.717, 1.165) is 12.1 Å². The molecule has 0 aromatic heterocycles. The second-order valence-corrected chi connectivity index (χ2v) is 5.55. The molecule has 1 aromatic carbocycles. The third kappa shape index (κ3) is 4.58. The van der Waals surface area contributed by atoms with E-state index in [0.29, 0.717) is 32.5 Å². The number of ether oxygens (including phenoxy) is 2. The van der Waals surface area contributed by atoms with E-state index in [-0.39, 0.29) is 17.3 Å². The maximum atomic E-state index is 13.6. The molecule has 126 valence electrons. The summed E-state index contributed by atoms with van der Waals surface area (Å²) in [5.74, 6) is -2.73. The molecule has 1 fully saturated rings. The molecule has 1 aromatic rings. The lowest BCUT2D eigenvalue weighted by atomic mass is 9.91. The van der Waals surface area contributed by atoms with Gasteiger partial charge in [-0.2, -0.15) is 0 Å². The molecule has 0 aliphatic carbocycles. The van der Waals surface area contributed by atoms with E-state index in [1.165, 1.54) is 6.07 Å². The van der Waals surface area contributed by atoms with Crippen LogP contribution in [-0.2, 0) is 25.5 Å². The van der Waals surface area contributed by atoms with Gasteiger partial charge >= 0.3 is 5.97 Å². The predicted octanol–water partition coefficient (Wildman–Crippen LogP) is 2.82. The molecule has 0 spiro atoms. The Morgan fingerprint density at radius 1 is 1.26 bits per heavy atom. The summed E-state index contributed by atoms with van der Waals surface area (Å²) in [5.41, 5.74) is -0.342. The van der Waals surface area contributed by atoms with E-state index in [1.807, 2.05) is 0 Å². The summed E-state index contributed by atoms with van der Waals surface area (Å²) in [7, 11) is 0. The summed E-state index contributed by atoms with van der Waals surface area (Å²) in [6, 6.07) is 3.38. The molecule has 0 N–H and O–H groups in total. The van der Waals surface area contributed by atoms with E-state index < -0.39 is 30.1 Å². The van der Waals surface area contributed by atoms with Crippen molar-refractivity contribution in [1.82, 2.24) is 0 Å². The van der Waals surface area contributed by atoms with Crippen molar-refractivity contribution in [2.75, 3.05) is 13.2 Å². The van der Waals surface area contributed by atoms with Gasteiger partial charge in [0.2, 0.25) is 0 Å². The van der Waals surface area contributed by atoms with Crippen LogP contribution in [0, 0.1) is 17.6 Å². The fraction of sp³-hybridized carbons (Fsp3) is 0.529. The zero-order valence-electron chi connectivity index (χ0n) is 13.0. The Balaban J connectivity index is 1.98. The lowest BCUT2D eigenvalue weighted by molar-refractivity contribution is -0.157. The molecule has 0 radical (unpaired) electrons. The van der Waals surface area contributed by atoms with E-state index >= 15 is 0 Å². The first-order chi connectivity index (χ1) is 11.0. The summed E-state index contributed by atoms with van der Waals surface area (Å²) < 4.78 is 37.5. The van der Waals surface area contributed by atoms with Crippen LogP contribution in [0.2, 0.25) is 0 Å². The summed E-state index contributed by atoms with van der Waals surface area (Å²) in [6.07, 6.45) is 0.141. The van der Waals surface area contributed by atoms with Crippen molar-refractivity contribution in [3.8, 4) is 0 Å². The maximum Gasteiger partial charge on any atom is 0.311 e. The van der Waals surface area contributed by atoms with Crippen LogP contribution in [-0.4, -0.2) is 31.1 Å². The van der Waals surface area contributed by atoms with Gasteiger partial charge in [-0.15, -0.1) is 0 Å². The van der Waals surface area contributed by atoms with Crippen LogP contribution in [0.4, 0.5) is 8.78 Å². The molecule has 6 heteroatoms. The molecule has 23 heavy (non-hydrogen) atoms. The molecule has 0 amide bonds. The molecule has 1 heterocycles. The smallest absolute Gasteiger partial charge is 0.311 e. The van der Waals surface area contributed by atoms with Gasteiger partial charge in [0.1, 0.15) is 11.6 Å². The second-order valence-electron chi connectivity index (χ2n) is 5.55.